The Morgan fingerprint density at radius 1 is 1.04 bits per heavy atom. The molecule has 0 radical (unpaired) electrons. The van der Waals surface area contributed by atoms with Crippen LogP contribution in [0.5, 0.6) is 0 Å². The summed E-state index contributed by atoms with van der Waals surface area (Å²) in [5, 5.41) is 9.37. The van der Waals surface area contributed by atoms with Crippen LogP contribution < -0.4 is 5.73 Å². The van der Waals surface area contributed by atoms with Gasteiger partial charge < -0.3 is 10.8 Å². The van der Waals surface area contributed by atoms with E-state index in [4.69, 9.17) is 5.73 Å². The lowest BCUT2D eigenvalue weighted by Gasteiger charge is -2.23. The number of rotatable bonds is 7. The molecule has 120 valence electrons. The lowest BCUT2D eigenvalue weighted by atomic mass is 9.87. The molecule has 1 unspecified atom stereocenters. The second-order valence-electron chi connectivity index (χ2n) is 5.29. The van der Waals surface area contributed by atoms with Gasteiger partial charge in [0.05, 0.1) is 0 Å². The van der Waals surface area contributed by atoms with E-state index in [-0.39, 0.29) is 6.42 Å². The lowest BCUT2D eigenvalue weighted by Crippen LogP contribution is -2.55. The molecule has 0 aliphatic carbocycles. The molecule has 4 nitrogen and oxygen atoms in total. The molecule has 2 aromatic rings. The van der Waals surface area contributed by atoms with Crippen molar-refractivity contribution in [1.82, 2.24) is 0 Å². The van der Waals surface area contributed by atoms with E-state index in [9.17, 15) is 14.7 Å². The van der Waals surface area contributed by atoms with E-state index in [1.165, 1.54) is 11.8 Å². The van der Waals surface area contributed by atoms with Crippen molar-refractivity contribution in [2.45, 2.75) is 12.0 Å². The van der Waals surface area contributed by atoms with Crippen LogP contribution in [0.2, 0.25) is 0 Å². The monoisotopic (exact) mass is 329 g/mol. The first-order valence-electron chi connectivity index (χ1n) is 7.20. The smallest absolute Gasteiger partial charge is 0.331 e. The van der Waals surface area contributed by atoms with Gasteiger partial charge >= 0.3 is 5.97 Å². The quantitative estimate of drug-likeness (QED) is 0.603. The van der Waals surface area contributed by atoms with Crippen LogP contribution >= 0.6 is 11.8 Å². The Hall–Kier alpha value is -2.11. The van der Waals surface area contributed by atoms with Crippen molar-refractivity contribution in [3.63, 3.8) is 0 Å². The van der Waals surface area contributed by atoms with Crippen LogP contribution in [0.1, 0.15) is 16.8 Å². The van der Waals surface area contributed by atoms with Gasteiger partial charge in [0.2, 0.25) is 0 Å². The number of thioether (sulfide) groups is 1. The molecule has 0 heterocycles. The summed E-state index contributed by atoms with van der Waals surface area (Å²) < 4.78 is 0. The van der Waals surface area contributed by atoms with Crippen LogP contribution in [-0.2, 0) is 4.79 Å². The Morgan fingerprint density at radius 3 is 2.13 bits per heavy atom. The first-order chi connectivity index (χ1) is 11.0. The van der Waals surface area contributed by atoms with E-state index < -0.39 is 17.3 Å². The van der Waals surface area contributed by atoms with Gasteiger partial charge in [-0.3, -0.25) is 4.79 Å². The largest absolute Gasteiger partial charge is 0.480 e. The fraction of sp³-hybridized carbons (Fsp3) is 0.222. The number of aliphatic carboxylic acids is 1. The summed E-state index contributed by atoms with van der Waals surface area (Å²) >= 11 is 1.46. The summed E-state index contributed by atoms with van der Waals surface area (Å²) in [6.45, 7) is 0. The predicted octanol–water partition coefficient (Wildman–Crippen LogP) is 3.07. The number of benzene rings is 2. The van der Waals surface area contributed by atoms with E-state index in [0.717, 1.165) is 11.1 Å². The Kier molecular flexibility index (Phi) is 5.58. The molecule has 0 spiro atoms. The number of carboxylic acids is 1. The van der Waals surface area contributed by atoms with E-state index in [2.05, 4.69) is 0 Å². The Morgan fingerprint density at radius 2 is 1.61 bits per heavy atom. The number of carboxylic acid groups (broad SMARTS) is 1. The van der Waals surface area contributed by atoms with Crippen LogP contribution in [-0.4, -0.2) is 34.4 Å². The van der Waals surface area contributed by atoms with Gasteiger partial charge in [0.1, 0.15) is 0 Å². The molecule has 0 saturated carbocycles. The summed E-state index contributed by atoms with van der Waals surface area (Å²) in [5.74, 6) is -1.33. The maximum Gasteiger partial charge on any atom is 0.331 e. The fourth-order valence-electron chi connectivity index (χ4n) is 2.28. The molecule has 0 aliphatic heterocycles. The third-order valence-electron chi connectivity index (χ3n) is 3.74. The fourth-order valence-corrected chi connectivity index (χ4v) is 2.81. The second-order valence-corrected chi connectivity index (χ2v) is 6.28. The van der Waals surface area contributed by atoms with Crippen molar-refractivity contribution in [3.8, 4) is 11.1 Å². The number of hydrogen-bond acceptors (Lipinski definition) is 4. The standard InChI is InChI=1S/C18H19NO3S/c1-23-12-11-18(19,17(21)22)16(20)15-9-7-14(8-10-15)13-5-3-2-4-6-13/h2-10H,11-12,19H2,1H3,(H,21,22). The number of hydrogen-bond donors (Lipinski definition) is 2. The van der Waals surface area contributed by atoms with Gasteiger partial charge in [0.15, 0.2) is 11.3 Å². The van der Waals surface area contributed by atoms with E-state index in [1.807, 2.05) is 36.6 Å². The molecular weight excluding hydrogens is 310 g/mol. The molecule has 0 aromatic heterocycles. The molecule has 0 fully saturated rings. The highest BCUT2D eigenvalue weighted by atomic mass is 32.2. The van der Waals surface area contributed by atoms with Crippen molar-refractivity contribution in [3.05, 3.63) is 60.2 Å². The van der Waals surface area contributed by atoms with Crippen molar-refractivity contribution in [1.29, 1.82) is 0 Å². The summed E-state index contributed by atoms with van der Waals surface area (Å²) in [6, 6.07) is 16.6. The zero-order valence-corrected chi connectivity index (χ0v) is 13.7. The summed E-state index contributed by atoms with van der Waals surface area (Å²) in [6.07, 6.45) is 1.95. The molecule has 2 aromatic carbocycles. The van der Waals surface area contributed by atoms with E-state index >= 15 is 0 Å². The zero-order valence-electron chi connectivity index (χ0n) is 12.9. The Bertz CT molecular complexity index is 685. The van der Waals surface area contributed by atoms with Gasteiger partial charge in [-0.1, -0.05) is 54.6 Å². The van der Waals surface area contributed by atoms with Crippen LogP contribution in [0.25, 0.3) is 11.1 Å². The van der Waals surface area contributed by atoms with Crippen molar-refractivity contribution in [2.24, 2.45) is 5.73 Å². The molecule has 5 heteroatoms. The topological polar surface area (TPSA) is 80.4 Å². The average Bonchev–Trinajstić information content (AvgIpc) is 2.59. The molecule has 0 bridgehead atoms. The van der Waals surface area contributed by atoms with E-state index in [0.29, 0.717) is 11.3 Å². The molecule has 23 heavy (non-hydrogen) atoms. The number of ketones is 1. The van der Waals surface area contributed by atoms with Gasteiger partial charge in [-0.15, -0.1) is 0 Å². The van der Waals surface area contributed by atoms with E-state index in [1.54, 1.807) is 24.3 Å². The average molecular weight is 329 g/mol. The molecule has 0 saturated heterocycles. The lowest BCUT2D eigenvalue weighted by molar-refractivity contribution is -0.141. The predicted molar refractivity (Wildman–Crippen MR) is 93.8 cm³/mol. The minimum Gasteiger partial charge on any atom is -0.480 e. The zero-order chi connectivity index (χ0) is 16.9. The van der Waals surface area contributed by atoms with Gasteiger partial charge in [-0.2, -0.15) is 11.8 Å². The maximum absolute atomic E-state index is 12.5. The molecule has 0 aliphatic rings. The first-order valence-corrected chi connectivity index (χ1v) is 8.60. The van der Waals surface area contributed by atoms with Crippen molar-refractivity contribution >= 4 is 23.5 Å². The summed E-state index contributed by atoms with van der Waals surface area (Å²) in [7, 11) is 0. The Balaban J connectivity index is 2.27. The molecule has 3 N–H and O–H groups in total. The number of carbonyl (C=O) groups excluding carboxylic acids is 1. The van der Waals surface area contributed by atoms with Crippen molar-refractivity contribution < 1.29 is 14.7 Å². The molecule has 2 rings (SSSR count). The number of nitrogens with two attached hydrogens (primary N) is 1. The van der Waals surface area contributed by atoms with Crippen LogP contribution in [0.3, 0.4) is 0 Å². The highest BCUT2D eigenvalue weighted by Crippen LogP contribution is 2.22. The van der Waals surface area contributed by atoms with Crippen LogP contribution in [0.4, 0.5) is 0 Å². The SMILES string of the molecule is CSCCC(N)(C(=O)O)C(=O)c1ccc(-c2ccccc2)cc1. The minimum atomic E-state index is -1.88. The van der Waals surface area contributed by atoms with Crippen LogP contribution in [0, 0.1) is 0 Å². The van der Waals surface area contributed by atoms with Gasteiger partial charge in [0.25, 0.3) is 0 Å². The Labute approximate surface area is 139 Å². The number of carbonyl (C=O) groups is 2. The maximum atomic E-state index is 12.5. The summed E-state index contributed by atoms with van der Waals surface area (Å²) in [4.78, 5) is 24.0. The second kappa shape index (κ2) is 7.44. The van der Waals surface area contributed by atoms with Gasteiger partial charge in [-0.25, -0.2) is 4.79 Å². The normalized spacial score (nSPS) is 13.3. The highest BCUT2D eigenvalue weighted by Gasteiger charge is 2.41. The molecular formula is C18H19NO3S. The minimum absolute atomic E-state index is 0.1000. The third-order valence-corrected chi connectivity index (χ3v) is 4.35. The third kappa shape index (κ3) is 3.81. The first kappa shape index (κ1) is 17.2. The summed E-state index contributed by atoms with van der Waals surface area (Å²) in [5.41, 5.74) is 6.32. The number of Topliss-reactive ketones (excluding diaryl/α,β-unsaturated/α-hetero) is 1. The highest BCUT2D eigenvalue weighted by molar-refractivity contribution is 7.98. The van der Waals surface area contributed by atoms with Gasteiger partial charge in [0, 0.05) is 5.56 Å². The van der Waals surface area contributed by atoms with Crippen molar-refractivity contribution in [2.75, 3.05) is 12.0 Å². The van der Waals surface area contributed by atoms with Crippen LogP contribution in [0.15, 0.2) is 54.6 Å². The molecule has 0 amide bonds. The molecule has 1 atom stereocenters. The van der Waals surface area contributed by atoms with Gasteiger partial charge in [-0.05, 0) is 29.6 Å².